The third-order valence-corrected chi connectivity index (χ3v) is 3.09. The highest BCUT2D eigenvalue weighted by Crippen LogP contribution is 2.43. The van der Waals surface area contributed by atoms with E-state index in [4.69, 9.17) is 4.74 Å². The molecule has 1 atom stereocenters. The molecule has 0 amide bonds. The minimum Gasteiger partial charge on any atom is -0.496 e. The van der Waals surface area contributed by atoms with Crippen LogP contribution in [0.5, 0.6) is 5.75 Å². The fraction of sp³-hybridized carbons (Fsp3) is 0.417. The summed E-state index contributed by atoms with van der Waals surface area (Å²) in [6.07, 6.45) is 3.41. The average molecular weight is 203 g/mol. The highest BCUT2D eigenvalue weighted by atomic mass is 16.5. The summed E-state index contributed by atoms with van der Waals surface area (Å²) in [5, 5.41) is 0. The molecule has 3 heteroatoms. The molecule has 0 aromatic heterocycles. The molecular weight excluding hydrogens is 190 g/mol. The molecule has 2 rings (SSSR count). The van der Waals surface area contributed by atoms with Crippen molar-refractivity contribution in [2.24, 2.45) is 4.99 Å². The molecule has 0 saturated heterocycles. The van der Waals surface area contributed by atoms with Crippen LogP contribution < -0.4 is 4.74 Å². The Morgan fingerprint density at radius 1 is 1.53 bits per heavy atom. The molecule has 0 radical (unpaired) electrons. The molecular formula is C12H13NO2. The zero-order valence-corrected chi connectivity index (χ0v) is 8.91. The average Bonchev–Trinajstić information content (AvgIpc) is 2.57. The van der Waals surface area contributed by atoms with Gasteiger partial charge in [-0.05, 0) is 37.0 Å². The minimum absolute atomic E-state index is 0.411. The topological polar surface area (TPSA) is 38.7 Å². The predicted octanol–water partition coefficient (Wildman–Crippen LogP) is 2.19. The lowest BCUT2D eigenvalue weighted by atomic mass is 9.95. The number of nitrogens with zero attached hydrogens (tertiary/aromatic N) is 1. The Morgan fingerprint density at radius 3 is 3.00 bits per heavy atom. The first kappa shape index (κ1) is 9.94. The lowest BCUT2D eigenvalue weighted by molar-refractivity contribution is 0.410. The van der Waals surface area contributed by atoms with Gasteiger partial charge in [0.2, 0.25) is 6.08 Å². The molecule has 1 aromatic carbocycles. The predicted molar refractivity (Wildman–Crippen MR) is 56.8 cm³/mol. The highest BCUT2D eigenvalue weighted by Gasteiger charge is 2.35. The third kappa shape index (κ3) is 1.45. The maximum absolute atomic E-state index is 10.4. The zero-order chi connectivity index (χ0) is 10.9. The van der Waals surface area contributed by atoms with Gasteiger partial charge < -0.3 is 4.74 Å². The van der Waals surface area contributed by atoms with Crippen LogP contribution in [0.3, 0.4) is 0 Å². The third-order valence-electron chi connectivity index (χ3n) is 3.09. The molecule has 0 N–H and O–H groups in total. The van der Waals surface area contributed by atoms with Crippen molar-refractivity contribution in [1.29, 1.82) is 0 Å². The van der Waals surface area contributed by atoms with Crippen molar-refractivity contribution in [1.82, 2.24) is 0 Å². The molecule has 1 aliphatic rings. The number of benzene rings is 1. The van der Waals surface area contributed by atoms with E-state index in [9.17, 15) is 4.79 Å². The van der Waals surface area contributed by atoms with Crippen LogP contribution in [-0.2, 0) is 16.8 Å². The molecule has 0 aliphatic heterocycles. The molecule has 0 heterocycles. The number of ether oxygens (including phenoxy) is 1. The van der Waals surface area contributed by atoms with Crippen LogP contribution in [-0.4, -0.2) is 13.2 Å². The molecule has 0 spiro atoms. The maximum atomic E-state index is 10.4. The summed E-state index contributed by atoms with van der Waals surface area (Å²) in [5.74, 6) is 0.886. The van der Waals surface area contributed by atoms with Crippen molar-refractivity contribution < 1.29 is 9.53 Å². The number of rotatable bonds is 2. The smallest absolute Gasteiger partial charge is 0.235 e. The second kappa shape index (κ2) is 3.52. The Balaban J connectivity index is 2.56. The molecule has 78 valence electrons. The molecule has 0 saturated carbocycles. The van der Waals surface area contributed by atoms with Crippen molar-refractivity contribution in [2.45, 2.75) is 25.3 Å². The van der Waals surface area contributed by atoms with Gasteiger partial charge in [0, 0.05) is 0 Å². The summed E-state index contributed by atoms with van der Waals surface area (Å²) < 4.78 is 5.29. The Bertz CT molecular complexity index is 435. The number of methoxy groups -OCH3 is 1. The largest absolute Gasteiger partial charge is 0.496 e. The van der Waals surface area contributed by atoms with E-state index in [0.29, 0.717) is 0 Å². The number of hydrogen-bond acceptors (Lipinski definition) is 3. The quantitative estimate of drug-likeness (QED) is 0.546. The fourth-order valence-electron chi connectivity index (χ4n) is 2.24. The van der Waals surface area contributed by atoms with Gasteiger partial charge >= 0.3 is 0 Å². The highest BCUT2D eigenvalue weighted by molar-refractivity contribution is 5.49. The molecule has 1 unspecified atom stereocenters. The van der Waals surface area contributed by atoms with Gasteiger partial charge in [0.15, 0.2) is 0 Å². The first-order valence-electron chi connectivity index (χ1n) is 4.96. The van der Waals surface area contributed by atoms with Crippen molar-refractivity contribution in [3.05, 3.63) is 29.3 Å². The van der Waals surface area contributed by atoms with E-state index >= 15 is 0 Å². The van der Waals surface area contributed by atoms with Gasteiger partial charge in [-0.2, -0.15) is 4.99 Å². The first-order valence-corrected chi connectivity index (χ1v) is 4.96. The number of hydrogen-bond donors (Lipinski definition) is 0. The summed E-state index contributed by atoms with van der Waals surface area (Å²) in [6, 6.07) is 5.88. The summed E-state index contributed by atoms with van der Waals surface area (Å²) in [5.41, 5.74) is 1.85. The van der Waals surface area contributed by atoms with Gasteiger partial charge in [-0.25, -0.2) is 4.79 Å². The van der Waals surface area contributed by atoms with E-state index in [1.165, 1.54) is 5.56 Å². The van der Waals surface area contributed by atoms with Gasteiger partial charge in [0.05, 0.1) is 12.6 Å². The monoisotopic (exact) mass is 203 g/mol. The second-order valence-corrected chi connectivity index (χ2v) is 3.96. The van der Waals surface area contributed by atoms with Crippen molar-refractivity contribution in [3.63, 3.8) is 0 Å². The number of isocyanates is 1. The van der Waals surface area contributed by atoms with Crippen molar-refractivity contribution in [3.8, 4) is 5.75 Å². The van der Waals surface area contributed by atoms with Crippen LogP contribution in [0.2, 0.25) is 0 Å². The lowest BCUT2D eigenvalue weighted by Gasteiger charge is -2.17. The van der Waals surface area contributed by atoms with E-state index < -0.39 is 5.54 Å². The Hall–Kier alpha value is -1.60. The van der Waals surface area contributed by atoms with Crippen LogP contribution in [0.15, 0.2) is 23.2 Å². The maximum Gasteiger partial charge on any atom is 0.235 e. The van der Waals surface area contributed by atoms with E-state index in [2.05, 4.69) is 4.99 Å². The zero-order valence-electron chi connectivity index (χ0n) is 8.91. The second-order valence-electron chi connectivity index (χ2n) is 3.96. The number of aliphatic imine (C=N–C) groups is 1. The van der Waals surface area contributed by atoms with E-state index in [-0.39, 0.29) is 0 Å². The van der Waals surface area contributed by atoms with Crippen LogP contribution in [0.25, 0.3) is 0 Å². The van der Waals surface area contributed by atoms with E-state index in [1.54, 1.807) is 13.2 Å². The number of fused-ring (bicyclic) bond motifs is 1. The van der Waals surface area contributed by atoms with Crippen molar-refractivity contribution in [2.75, 3.05) is 7.11 Å². The molecule has 1 aromatic rings. The van der Waals surface area contributed by atoms with Gasteiger partial charge in [-0.15, -0.1) is 0 Å². The summed E-state index contributed by atoms with van der Waals surface area (Å²) >= 11 is 0. The molecule has 1 aliphatic carbocycles. The van der Waals surface area contributed by atoms with E-state index in [1.807, 2.05) is 25.1 Å². The molecule has 3 nitrogen and oxygen atoms in total. The Kier molecular flexibility index (Phi) is 2.33. The minimum atomic E-state index is -0.411. The van der Waals surface area contributed by atoms with Crippen LogP contribution in [0.1, 0.15) is 24.5 Å². The van der Waals surface area contributed by atoms with Crippen LogP contribution in [0, 0.1) is 0 Å². The molecule has 15 heavy (non-hydrogen) atoms. The van der Waals surface area contributed by atoms with Crippen LogP contribution >= 0.6 is 0 Å². The van der Waals surface area contributed by atoms with Gasteiger partial charge in [0.25, 0.3) is 0 Å². The standard InChI is InChI=1S/C12H13NO2/c1-12(13-8-14)7-6-9-10(12)4-3-5-11(9)15-2/h3-5H,6-7H2,1-2H3. The molecule has 0 bridgehead atoms. The normalized spacial score (nSPS) is 23.1. The van der Waals surface area contributed by atoms with Gasteiger partial charge in [-0.3, -0.25) is 0 Å². The Morgan fingerprint density at radius 2 is 2.33 bits per heavy atom. The van der Waals surface area contributed by atoms with Gasteiger partial charge in [0.1, 0.15) is 5.75 Å². The molecule has 0 fully saturated rings. The van der Waals surface area contributed by atoms with Crippen LogP contribution in [0.4, 0.5) is 0 Å². The fourth-order valence-corrected chi connectivity index (χ4v) is 2.24. The number of carbonyl (C=O) groups excluding carboxylic acids is 1. The SMILES string of the molecule is COc1cccc2c1CCC2(C)N=C=O. The van der Waals surface area contributed by atoms with E-state index in [0.717, 1.165) is 24.2 Å². The summed E-state index contributed by atoms with van der Waals surface area (Å²) in [7, 11) is 1.66. The summed E-state index contributed by atoms with van der Waals surface area (Å²) in [6.45, 7) is 1.96. The first-order chi connectivity index (χ1) is 7.21. The van der Waals surface area contributed by atoms with Gasteiger partial charge in [-0.1, -0.05) is 12.1 Å². The van der Waals surface area contributed by atoms with Crippen molar-refractivity contribution >= 4 is 6.08 Å². The summed E-state index contributed by atoms with van der Waals surface area (Å²) in [4.78, 5) is 14.3. The lowest BCUT2D eigenvalue weighted by Crippen LogP contribution is -2.14. The Labute approximate surface area is 88.8 Å².